The molecule has 2 aliphatic rings. The summed E-state index contributed by atoms with van der Waals surface area (Å²) in [5.74, 6) is -0.0458. The van der Waals surface area contributed by atoms with Crippen LogP contribution in [0.25, 0.3) is 22.6 Å². The third-order valence-electron chi connectivity index (χ3n) is 6.64. The van der Waals surface area contributed by atoms with Crippen LogP contribution in [-0.2, 0) is 19.6 Å². The number of carbonyl (C=O) groups excluding carboxylic acids is 2. The van der Waals surface area contributed by atoms with E-state index in [1.165, 1.54) is 23.5 Å². The standard InChI is InChI=1S/C27H23N3O6S/c1-35-20-12-14-21(15-13-20)37(33,34)30(19-10-11-19)23-16-25(31)29(27(23)32)18-8-6-17(7-9-18)26-28-22-4-2-3-5-24(22)36-26/h2-9,12-15,19,23H,10-11,16H2,1H3. The van der Waals surface area contributed by atoms with E-state index in [0.29, 0.717) is 41.3 Å². The van der Waals surface area contributed by atoms with Crippen LogP contribution < -0.4 is 9.64 Å². The lowest BCUT2D eigenvalue weighted by molar-refractivity contribution is -0.122. The molecule has 0 bridgehead atoms. The van der Waals surface area contributed by atoms with Crippen LogP contribution in [0.3, 0.4) is 0 Å². The van der Waals surface area contributed by atoms with E-state index in [4.69, 9.17) is 9.15 Å². The van der Waals surface area contributed by atoms with Gasteiger partial charge < -0.3 is 9.15 Å². The summed E-state index contributed by atoms with van der Waals surface area (Å²) in [7, 11) is -2.51. The highest BCUT2D eigenvalue weighted by Crippen LogP contribution is 2.38. The molecule has 1 saturated carbocycles. The molecule has 4 aromatic rings. The Kier molecular flexibility index (Phi) is 5.58. The number of imide groups is 1. The lowest BCUT2D eigenvalue weighted by Gasteiger charge is -2.26. The van der Waals surface area contributed by atoms with Crippen molar-refractivity contribution in [3.05, 3.63) is 72.8 Å². The van der Waals surface area contributed by atoms with E-state index < -0.39 is 27.9 Å². The van der Waals surface area contributed by atoms with Crippen molar-refractivity contribution in [2.24, 2.45) is 0 Å². The second kappa shape index (κ2) is 8.82. The number of hydrogen-bond donors (Lipinski definition) is 0. The van der Waals surface area contributed by atoms with Gasteiger partial charge in [0.2, 0.25) is 21.8 Å². The first-order chi connectivity index (χ1) is 17.9. The van der Waals surface area contributed by atoms with Crippen molar-refractivity contribution in [1.82, 2.24) is 9.29 Å². The van der Waals surface area contributed by atoms with Gasteiger partial charge in [-0.2, -0.15) is 4.31 Å². The predicted octanol–water partition coefficient (Wildman–Crippen LogP) is 3.99. The Labute approximate surface area is 213 Å². The predicted molar refractivity (Wildman–Crippen MR) is 135 cm³/mol. The fraction of sp³-hybridized carbons (Fsp3) is 0.222. The van der Waals surface area contributed by atoms with Crippen molar-refractivity contribution in [3.8, 4) is 17.2 Å². The van der Waals surface area contributed by atoms with Gasteiger partial charge >= 0.3 is 0 Å². The van der Waals surface area contributed by atoms with Crippen molar-refractivity contribution in [2.75, 3.05) is 12.0 Å². The number of methoxy groups -OCH3 is 1. The lowest BCUT2D eigenvalue weighted by atomic mass is 10.2. The quantitative estimate of drug-likeness (QED) is 0.341. The molecule has 0 radical (unpaired) electrons. The van der Waals surface area contributed by atoms with E-state index >= 15 is 0 Å². The molecule has 9 nitrogen and oxygen atoms in total. The van der Waals surface area contributed by atoms with Gasteiger partial charge in [-0.05, 0) is 73.5 Å². The molecule has 1 aromatic heterocycles. The van der Waals surface area contributed by atoms with Crippen LogP contribution >= 0.6 is 0 Å². The van der Waals surface area contributed by atoms with Crippen LogP contribution in [0.1, 0.15) is 19.3 Å². The number of aromatic nitrogens is 1. The number of ether oxygens (including phenoxy) is 1. The van der Waals surface area contributed by atoms with Gasteiger partial charge in [-0.25, -0.2) is 18.3 Å². The lowest BCUT2D eigenvalue weighted by Crippen LogP contribution is -2.46. The number of benzene rings is 3. The van der Waals surface area contributed by atoms with Gasteiger partial charge in [0.1, 0.15) is 17.3 Å². The van der Waals surface area contributed by atoms with Crippen molar-refractivity contribution in [2.45, 2.75) is 36.2 Å². The van der Waals surface area contributed by atoms with E-state index in [-0.39, 0.29) is 17.4 Å². The van der Waals surface area contributed by atoms with Crippen LogP contribution in [-0.4, -0.2) is 48.7 Å². The summed E-state index contributed by atoms with van der Waals surface area (Å²) in [6, 6.07) is 18.8. The topological polar surface area (TPSA) is 110 Å². The van der Waals surface area contributed by atoms with Gasteiger partial charge in [-0.1, -0.05) is 12.1 Å². The van der Waals surface area contributed by atoms with Crippen molar-refractivity contribution in [1.29, 1.82) is 0 Å². The van der Waals surface area contributed by atoms with Crippen molar-refractivity contribution >= 4 is 38.6 Å². The summed E-state index contributed by atoms with van der Waals surface area (Å²) in [4.78, 5) is 32.1. The number of nitrogens with zero attached hydrogens (tertiary/aromatic N) is 3. The van der Waals surface area contributed by atoms with Gasteiger partial charge in [-0.3, -0.25) is 9.59 Å². The summed E-state index contributed by atoms with van der Waals surface area (Å²) in [5.41, 5.74) is 2.45. The Morgan fingerprint density at radius 3 is 2.32 bits per heavy atom. The van der Waals surface area contributed by atoms with E-state index in [0.717, 1.165) is 10.4 Å². The molecule has 37 heavy (non-hydrogen) atoms. The summed E-state index contributed by atoms with van der Waals surface area (Å²) in [6.07, 6.45) is 1.08. The fourth-order valence-electron chi connectivity index (χ4n) is 4.65. The molecular weight excluding hydrogens is 494 g/mol. The molecule has 3 aromatic carbocycles. The van der Waals surface area contributed by atoms with Gasteiger partial charge in [0.15, 0.2) is 5.58 Å². The van der Waals surface area contributed by atoms with Gasteiger partial charge in [0.25, 0.3) is 5.91 Å². The number of amides is 2. The first-order valence-electron chi connectivity index (χ1n) is 11.9. The second-order valence-corrected chi connectivity index (χ2v) is 10.9. The Balaban J connectivity index is 1.28. The van der Waals surface area contributed by atoms with E-state index in [2.05, 4.69) is 4.98 Å². The minimum Gasteiger partial charge on any atom is -0.497 e. The molecule has 1 aliphatic carbocycles. The molecule has 2 fully saturated rings. The summed E-state index contributed by atoms with van der Waals surface area (Å²) in [5, 5.41) is 0. The van der Waals surface area contributed by atoms with Gasteiger partial charge in [-0.15, -0.1) is 0 Å². The SMILES string of the molecule is COc1ccc(S(=O)(=O)N(C2CC2)C2CC(=O)N(c3ccc(-c4nc5ccccc5o4)cc3)C2=O)cc1. The Hall–Kier alpha value is -4.02. The number of sulfonamides is 1. The third-order valence-corrected chi connectivity index (χ3v) is 8.61. The number of carbonyl (C=O) groups is 2. The molecule has 1 atom stereocenters. The number of fused-ring (bicyclic) bond motifs is 1. The molecule has 6 rings (SSSR count). The maximum Gasteiger partial charge on any atom is 0.252 e. The number of hydrogen-bond acceptors (Lipinski definition) is 7. The molecule has 2 amide bonds. The highest BCUT2D eigenvalue weighted by molar-refractivity contribution is 7.89. The first-order valence-corrected chi connectivity index (χ1v) is 13.3. The smallest absolute Gasteiger partial charge is 0.252 e. The highest BCUT2D eigenvalue weighted by Gasteiger charge is 2.51. The zero-order valence-corrected chi connectivity index (χ0v) is 20.7. The van der Waals surface area contributed by atoms with Crippen LogP contribution in [0.4, 0.5) is 5.69 Å². The minimum absolute atomic E-state index is 0.0570. The highest BCUT2D eigenvalue weighted by atomic mass is 32.2. The Morgan fingerprint density at radius 1 is 0.973 bits per heavy atom. The van der Waals surface area contributed by atoms with E-state index in [1.54, 1.807) is 36.4 Å². The average Bonchev–Trinajstić information content (AvgIpc) is 3.57. The zero-order valence-electron chi connectivity index (χ0n) is 19.9. The maximum absolute atomic E-state index is 13.6. The van der Waals surface area contributed by atoms with Crippen molar-refractivity contribution in [3.63, 3.8) is 0 Å². The summed E-state index contributed by atoms with van der Waals surface area (Å²) < 4.78 is 39.3. The molecule has 1 saturated heterocycles. The van der Waals surface area contributed by atoms with Crippen molar-refractivity contribution < 1.29 is 27.2 Å². The maximum atomic E-state index is 13.6. The van der Waals surface area contributed by atoms with Crippen LogP contribution in [0.15, 0.2) is 82.1 Å². The van der Waals surface area contributed by atoms with E-state index in [1.807, 2.05) is 24.3 Å². The Bertz CT molecular complexity index is 1580. The van der Waals surface area contributed by atoms with Crippen LogP contribution in [0.5, 0.6) is 5.75 Å². The van der Waals surface area contributed by atoms with Gasteiger partial charge in [0, 0.05) is 11.6 Å². The number of anilines is 1. The molecule has 188 valence electrons. The van der Waals surface area contributed by atoms with Crippen LogP contribution in [0, 0.1) is 0 Å². The number of rotatable bonds is 7. The normalized spacial score (nSPS) is 18.2. The molecule has 1 aliphatic heterocycles. The molecule has 2 heterocycles. The largest absolute Gasteiger partial charge is 0.497 e. The molecule has 1 unspecified atom stereocenters. The third kappa shape index (κ3) is 4.08. The molecular formula is C27H23N3O6S. The first kappa shape index (κ1) is 23.4. The number of para-hydroxylation sites is 2. The summed E-state index contributed by atoms with van der Waals surface area (Å²) >= 11 is 0. The number of oxazole rings is 1. The summed E-state index contributed by atoms with van der Waals surface area (Å²) in [6.45, 7) is 0. The zero-order chi connectivity index (χ0) is 25.7. The molecule has 0 N–H and O–H groups in total. The molecule has 0 spiro atoms. The van der Waals surface area contributed by atoms with Gasteiger partial charge in [0.05, 0.1) is 24.1 Å². The fourth-order valence-corrected chi connectivity index (χ4v) is 6.48. The monoisotopic (exact) mass is 517 g/mol. The Morgan fingerprint density at radius 2 is 1.68 bits per heavy atom. The van der Waals surface area contributed by atoms with Crippen LogP contribution in [0.2, 0.25) is 0 Å². The minimum atomic E-state index is -4.01. The average molecular weight is 518 g/mol. The van der Waals surface area contributed by atoms with E-state index in [9.17, 15) is 18.0 Å². The molecule has 10 heteroatoms. The second-order valence-electron chi connectivity index (χ2n) is 9.06.